The number of methoxy groups -OCH3 is 1. The number of nitrogens with two attached hydrogens (primary N) is 1. The fourth-order valence-electron chi connectivity index (χ4n) is 2.31. The fourth-order valence-corrected chi connectivity index (χ4v) is 2.68. The Morgan fingerprint density at radius 2 is 1.84 bits per heavy atom. The zero-order valence-corrected chi connectivity index (χ0v) is 13.6. The number of thiocarbonyl (C=S) groups is 1. The summed E-state index contributed by atoms with van der Waals surface area (Å²) in [5.41, 5.74) is 5.74. The molecule has 0 spiro atoms. The van der Waals surface area contributed by atoms with Crippen LogP contribution in [0, 0.1) is 11.8 Å². The number of ether oxygens (including phenoxy) is 1. The second-order valence-corrected chi connectivity index (χ2v) is 5.59. The number of amides is 1. The lowest BCUT2D eigenvalue weighted by atomic mass is 9.93. The first kappa shape index (κ1) is 18.3. The zero-order valence-electron chi connectivity index (χ0n) is 12.8. The molecule has 5 heteroatoms. The van der Waals surface area contributed by atoms with Crippen molar-refractivity contribution < 1.29 is 9.53 Å². The Morgan fingerprint density at radius 1 is 1.32 bits per heavy atom. The van der Waals surface area contributed by atoms with Gasteiger partial charge in [0.05, 0.1) is 17.5 Å². The topological polar surface area (TPSA) is 55.6 Å². The van der Waals surface area contributed by atoms with Gasteiger partial charge in [0.25, 0.3) is 0 Å². The van der Waals surface area contributed by atoms with Gasteiger partial charge in [0.15, 0.2) is 0 Å². The summed E-state index contributed by atoms with van der Waals surface area (Å²) in [6.45, 7) is 9.25. The van der Waals surface area contributed by atoms with E-state index in [1.807, 2.05) is 18.7 Å². The number of hydrogen-bond acceptors (Lipinski definition) is 3. The molecule has 112 valence electrons. The molecule has 0 aliphatic carbocycles. The first-order chi connectivity index (χ1) is 8.90. The van der Waals surface area contributed by atoms with E-state index in [1.165, 1.54) is 0 Å². The molecule has 19 heavy (non-hydrogen) atoms. The third-order valence-corrected chi connectivity index (χ3v) is 3.70. The van der Waals surface area contributed by atoms with Gasteiger partial charge in [0, 0.05) is 19.7 Å². The fraction of sp³-hybridized carbons (Fsp3) is 0.857. The van der Waals surface area contributed by atoms with Crippen LogP contribution in [0.5, 0.6) is 0 Å². The maximum atomic E-state index is 12.7. The van der Waals surface area contributed by atoms with Crippen molar-refractivity contribution in [2.75, 3.05) is 20.3 Å². The van der Waals surface area contributed by atoms with E-state index in [2.05, 4.69) is 13.8 Å². The third-order valence-electron chi connectivity index (χ3n) is 3.44. The van der Waals surface area contributed by atoms with Crippen molar-refractivity contribution in [3.05, 3.63) is 0 Å². The molecule has 0 aliphatic heterocycles. The molecule has 0 bridgehead atoms. The molecule has 0 heterocycles. The molecule has 2 N–H and O–H groups in total. The highest BCUT2D eigenvalue weighted by molar-refractivity contribution is 7.80. The smallest absolute Gasteiger partial charge is 0.233 e. The van der Waals surface area contributed by atoms with Crippen molar-refractivity contribution in [3.63, 3.8) is 0 Å². The Hall–Kier alpha value is -0.680. The van der Waals surface area contributed by atoms with Gasteiger partial charge in [-0.1, -0.05) is 39.9 Å². The SMILES string of the molecule is CCC(CC)N(CCOC)C(=O)C(C(N)=S)C(C)C. The molecule has 1 unspecified atom stereocenters. The van der Waals surface area contributed by atoms with Crippen LogP contribution in [0.25, 0.3) is 0 Å². The number of carbonyl (C=O) groups excluding carboxylic acids is 1. The van der Waals surface area contributed by atoms with Crippen molar-refractivity contribution in [1.29, 1.82) is 0 Å². The molecule has 1 amide bonds. The Balaban J connectivity index is 5.10. The highest BCUT2D eigenvalue weighted by atomic mass is 32.1. The largest absolute Gasteiger partial charge is 0.393 e. The molecule has 0 aromatic rings. The molecule has 0 saturated heterocycles. The molecule has 4 nitrogen and oxygen atoms in total. The summed E-state index contributed by atoms with van der Waals surface area (Å²) in [5.74, 6) is -0.231. The van der Waals surface area contributed by atoms with Gasteiger partial charge >= 0.3 is 0 Å². The van der Waals surface area contributed by atoms with Crippen LogP contribution in [-0.4, -0.2) is 42.1 Å². The first-order valence-corrected chi connectivity index (χ1v) is 7.40. The van der Waals surface area contributed by atoms with Gasteiger partial charge in [-0.3, -0.25) is 4.79 Å². The van der Waals surface area contributed by atoms with Crippen molar-refractivity contribution in [1.82, 2.24) is 4.90 Å². The van der Waals surface area contributed by atoms with E-state index in [0.717, 1.165) is 12.8 Å². The average Bonchev–Trinajstić information content (AvgIpc) is 2.33. The minimum absolute atomic E-state index is 0.0354. The average molecular weight is 288 g/mol. The van der Waals surface area contributed by atoms with Gasteiger partial charge in [-0.2, -0.15) is 0 Å². The van der Waals surface area contributed by atoms with Gasteiger partial charge in [0.1, 0.15) is 0 Å². The predicted molar refractivity (Wildman–Crippen MR) is 83.1 cm³/mol. The quantitative estimate of drug-likeness (QED) is 0.661. The second-order valence-electron chi connectivity index (χ2n) is 5.12. The summed E-state index contributed by atoms with van der Waals surface area (Å²) in [6.07, 6.45) is 1.85. The molecule has 0 saturated carbocycles. The van der Waals surface area contributed by atoms with E-state index in [-0.39, 0.29) is 28.8 Å². The van der Waals surface area contributed by atoms with Crippen LogP contribution in [0.2, 0.25) is 0 Å². The van der Waals surface area contributed by atoms with E-state index in [0.29, 0.717) is 13.2 Å². The molecule has 0 aromatic carbocycles. The number of rotatable bonds is 9. The van der Waals surface area contributed by atoms with E-state index < -0.39 is 0 Å². The zero-order chi connectivity index (χ0) is 15.0. The molecule has 0 fully saturated rings. The molecular weight excluding hydrogens is 260 g/mol. The van der Waals surface area contributed by atoms with Crippen LogP contribution in [0.1, 0.15) is 40.5 Å². The van der Waals surface area contributed by atoms with Gasteiger partial charge in [-0.05, 0) is 18.8 Å². The normalized spacial score (nSPS) is 12.8. The summed E-state index contributed by atoms with van der Waals surface area (Å²) in [7, 11) is 1.64. The second kappa shape index (κ2) is 9.26. The van der Waals surface area contributed by atoms with Crippen LogP contribution < -0.4 is 5.73 Å². The van der Waals surface area contributed by atoms with Gasteiger partial charge < -0.3 is 15.4 Å². The molecule has 0 aliphatic rings. The maximum Gasteiger partial charge on any atom is 0.233 e. The summed E-state index contributed by atoms with van der Waals surface area (Å²) in [6, 6.07) is 0.221. The van der Waals surface area contributed by atoms with Crippen LogP contribution in [0.15, 0.2) is 0 Å². The Bertz CT molecular complexity index is 291. The monoisotopic (exact) mass is 288 g/mol. The molecular formula is C14H28N2O2S. The minimum Gasteiger partial charge on any atom is -0.393 e. The van der Waals surface area contributed by atoms with E-state index >= 15 is 0 Å². The van der Waals surface area contributed by atoms with Gasteiger partial charge in [-0.15, -0.1) is 0 Å². The number of hydrogen-bond donors (Lipinski definition) is 1. The maximum absolute atomic E-state index is 12.7. The minimum atomic E-state index is -0.382. The molecule has 0 rings (SSSR count). The van der Waals surface area contributed by atoms with Crippen LogP contribution >= 0.6 is 12.2 Å². The lowest BCUT2D eigenvalue weighted by molar-refractivity contribution is -0.137. The third kappa shape index (κ3) is 5.45. The van der Waals surface area contributed by atoms with E-state index in [4.69, 9.17) is 22.7 Å². The van der Waals surface area contributed by atoms with Crippen LogP contribution in [0.4, 0.5) is 0 Å². The molecule has 0 aromatic heterocycles. The van der Waals surface area contributed by atoms with E-state index in [9.17, 15) is 4.79 Å². The summed E-state index contributed by atoms with van der Waals surface area (Å²) < 4.78 is 5.10. The lowest BCUT2D eigenvalue weighted by Gasteiger charge is -2.34. The van der Waals surface area contributed by atoms with Crippen LogP contribution in [-0.2, 0) is 9.53 Å². The van der Waals surface area contributed by atoms with Crippen molar-refractivity contribution in [2.45, 2.75) is 46.6 Å². The summed E-state index contributed by atoms with van der Waals surface area (Å²) in [4.78, 5) is 14.9. The summed E-state index contributed by atoms with van der Waals surface area (Å²) >= 11 is 5.06. The molecule has 0 radical (unpaired) electrons. The Kier molecular flexibility index (Phi) is 8.93. The summed E-state index contributed by atoms with van der Waals surface area (Å²) in [5, 5.41) is 0. The Labute approximate surface area is 122 Å². The lowest BCUT2D eigenvalue weighted by Crippen LogP contribution is -2.49. The first-order valence-electron chi connectivity index (χ1n) is 6.99. The van der Waals surface area contributed by atoms with Crippen molar-refractivity contribution in [3.8, 4) is 0 Å². The van der Waals surface area contributed by atoms with Crippen LogP contribution in [0.3, 0.4) is 0 Å². The number of nitrogens with zero attached hydrogens (tertiary/aromatic N) is 1. The standard InChI is InChI=1S/C14H28N2O2S/c1-6-11(7-2)16(8-9-18-5)14(17)12(10(3)4)13(15)19/h10-12H,6-9H2,1-5H3,(H2,15,19). The predicted octanol–water partition coefficient (Wildman–Crippen LogP) is 2.21. The van der Waals surface area contributed by atoms with Crippen molar-refractivity contribution in [2.24, 2.45) is 17.6 Å². The highest BCUT2D eigenvalue weighted by Crippen LogP contribution is 2.19. The number of carbonyl (C=O) groups is 1. The van der Waals surface area contributed by atoms with E-state index in [1.54, 1.807) is 7.11 Å². The molecule has 1 atom stereocenters. The van der Waals surface area contributed by atoms with Crippen molar-refractivity contribution >= 4 is 23.1 Å². The Morgan fingerprint density at radius 3 is 2.16 bits per heavy atom. The van der Waals surface area contributed by atoms with Gasteiger partial charge in [0.2, 0.25) is 5.91 Å². The highest BCUT2D eigenvalue weighted by Gasteiger charge is 2.31. The van der Waals surface area contributed by atoms with Gasteiger partial charge in [-0.25, -0.2) is 0 Å².